The lowest BCUT2D eigenvalue weighted by Gasteiger charge is -2.09. The Labute approximate surface area is 125 Å². The van der Waals surface area contributed by atoms with Gasteiger partial charge in [0.15, 0.2) is 5.82 Å². The summed E-state index contributed by atoms with van der Waals surface area (Å²) >= 11 is 5.76. The molecular formula is C13H13ClFN5O. The molecule has 0 radical (unpaired) electrons. The Bertz CT molecular complexity index is 670. The largest absolute Gasteiger partial charge is 0.331 e. The van der Waals surface area contributed by atoms with Crippen molar-refractivity contribution in [1.29, 1.82) is 0 Å². The van der Waals surface area contributed by atoms with Gasteiger partial charge in [-0.25, -0.2) is 9.18 Å². The maximum atomic E-state index is 13.5. The lowest BCUT2D eigenvalue weighted by molar-refractivity contribution is 0.251. The van der Waals surface area contributed by atoms with E-state index in [1.165, 1.54) is 18.2 Å². The van der Waals surface area contributed by atoms with Crippen molar-refractivity contribution in [3.63, 3.8) is 0 Å². The normalized spacial score (nSPS) is 14.0. The predicted octanol–water partition coefficient (Wildman–Crippen LogP) is 2.73. The Hall–Kier alpha value is -2.15. The van der Waals surface area contributed by atoms with Crippen LogP contribution in [0.2, 0.25) is 5.02 Å². The molecule has 110 valence electrons. The number of urea groups is 1. The molecule has 0 saturated heterocycles. The highest BCUT2D eigenvalue weighted by Crippen LogP contribution is 2.35. The van der Waals surface area contributed by atoms with Crippen LogP contribution in [0.4, 0.5) is 14.9 Å². The lowest BCUT2D eigenvalue weighted by Crippen LogP contribution is -2.29. The van der Waals surface area contributed by atoms with Crippen molar-refractivity contribution >= 4 is 23.3 Å². The second-order valence-corrected chi connectivity index (χ2v) is 5.25. The SMILES string of the molecule is O=C(NCc1nncn1C1CC1)Nc1cc(Cl)ccc1F. The fraction of sp³-hybridized carbons (Fsp3) is 0.308. The Morgan fingerprint density at radius 3 is 3.05 bits per heavy atom. The van der Waals surface area contributed by atoms with E-state index in [0.717, 1.165) is 12.8 Å². The van der Waals surface area contributed by atoms with E-state index in [2.05, 4.69) is 20.8 Å². The molecule has 0 aliphatic heterocycles. The fourth-order valence-corrected chi connectivity index (χ4v) is 2.14. The summed E-state index contributed by atoms with van der Waals surface area (Å²) in [6, 6.07) is 3.87. The molecule has 2 aromatic rings. The van der Waals surface area contributed by atoms with E-state index in [-0.39, 0.29) is 12.2 Å². The van der Waals surface area contributed by atoms with E-state index in [9.17, 15) is 9.18 Å². The number of hydrogen-bond donors (Lipinski definition) is 2. The second-order valence-electron chi connectivity index (χ2n) is 4.82. The molecule has 0 atom stereocenters. The zero-order chi connectivity index (χ0) is 14.8. The van der Waals surface area contributed by atoms with Crippen LogP contribution in [0, 0.1) is 5.82 Å². The van der Waals surface area contributed by atoms with Gasteiger partial charge in [-0.3, -0.25) is 0 Å². The van der Waals surface area contributed by atoms with Crippen LogP contribution >= 0.6 is 11.6 Å². The number of carbonyl (C=O) groups is 1. The molecule has 1 aromatic heterocycles. The summed E-state index contributed by atoms with van der Waals surface area (Å²) < 4.78 is 15.4. The minimum absolute atomic E-state index is 0.0312. The molecule has 3 rings (SSSR count). The van der Waals surface area contributed by atoms with Crippen LogP contribution in [0.25, 0.3) is 0 Å². The minimum atomic E-state index is -0.546. The standard InChI is InChI=1S/C13H13ClFN5O/c14-8-1-4-10(15)11(5-8)18-13(21)16-6-12-19-17-7-20(12)9-2-3-9/h1,4-5,7,9H,2-3,6H2,(H2,16,18,21). The summed E-state index contributed by atoms with van der Waals surface area (Å²) in [6.45, 7) is 0.227. The molecule has 0 bridgehead atoms. The van der Waals surface area contributed by atoms with E-state index >= 15 is 0 Å². The Morgan fingerprint density at radius 1 is 1.48 bits per heavy atom. The van der Waals surface area contributed by atoms with Gasteiger partial charge in [0, 0.05) is 11.1 Å². The quantitative estimate of drug-likeness (QED) is 0.912. The zero-order valence-corrected chi connectivity index (χ0v) is 11.8. The van der Waals surface area contributed by atoms with Gasteiger partial charge in [0.1, 0.15) is 12.1 Å². The van der Waals surface area contributed by atoms with Crippen molar-refractivity contribution in [2.24, 2.45) is 0 Å². The highest BCUT2D eigenvalue weighted by atomic mass is 35.5. The molecule has 1 aliphatic carbocycles. The number of nitrogens with zero attached hydrogens (tertiary/aromatic N) is 3. The van der Waals surface area contributed by atoms with E-state index in [1.807, 2.05) is 4.57 Å². The summed E-state index contributed by atoms with van der Waals surface area (Å²) in [5, 5.41) is 13.2. The lowest BCUT2D eigenvalue weighted by atomic mass is 10.3. The Balaban J connectivity index is 1.59. The number of anilines is 1. The van der Waals surface area contributed by atoms with E-state index in [0.29, 0.717) is 16.9 Å². The van der Waals surface area contributed by atoms with E-state index in [4.69, 9.17) is 11.6 Å². The molecule has 0 unspecified atom stereocenters. The smallest absolute Gasteiger partial charge is 0.319 e. The molecular weight excluding hydrogens is 297 g/mol. The molecule has 2 amide bonds. The number of amides is 2. The minimum Gasteiger partial charge on any atom is -0.331 e. The first-order valence-electron chi connectivity index (χ1n) is 6.52. The summed E-state index contributed by atoms with van der Waals surface area (Å²) in [6.07, 6.45) is 3.86. The summed E-state index contributed by atoms with van der Waals surface area (Å²) in [5.74, 6) is 0.134. The number of benzene rings is 1. The molecule has 6 nitrogen and oxygen atoms in total. The van der Waals surface area contributed by atoms with Gasteiger partial charge in [0.25, 0.3) is 0 Å². The van der Waals surface area contributed by atoms with Gasteiger partial charge in [-0.1, -0.05) is 11.6 Å². The van der Waals surface area contributed by atoms with Gasteiger partial charge in [-0.05, 0) is 31.0 Å². The molecule has 1 aromatic carbocycles. The summed E-state index contributed by atoms with van der Waals surface area (Å²) in [4.78, 5) is 11.8. The topological polar surface area (TPSA) is 71.8 Å². The number of aromatic nitrogens is 3. The highest BCUT2D eigenvalue weighted by molar-refractivity contribution is 6.30. The van der Waals surface area contributed by atoms with Gasteiger partial charge in [-0.15, -0.1) is 10.2 Å². The first-order valence-corrected chi connectivity index (χ1v) is 6.89. The van der Waals surface area contributed by atoms with Gasteiger partial charge in [-0.2, -0.15) is 0 Å². The molecule has 8 heteroatoms. The van der Waals surface area contributed by atoms with Crippen molar-refractivity contribution in [2.45, 2.75) is 25.4 Å². The maximum Gasteiger partial charge on any atom is 0.319 e. The molecule has 1 fully saturated rings. The first-order chi connectivity index (χ1) is 10.1. The fourth-order valence-electron chi connectivity index (χ4n) is 1.97. The monoisotopic (exact) mass is 309 g/mol. The van der Waals surface area contributed by atoms with Crippen molar-refractivity contribution in [1.82, 2.24) is 20.1 Å². The van der Waals surface area contributed by atoms with Crippen LogP contribution in [-0.2, 0) is 6.54 Å². The molecule has 0 spiro atoms. The van der Waals surface area contributed by atoms with Crippen molar-refractivity contribution in [3.8, 4) is 0 Å². The van der Waals surface area contributed by atoms with Crippen molar-refractivity contribution < 1.29 is 9.18 Å². The number of carbonyl (C=O) groups excluding carboxylic acids is 1. The Kier molecular flexibility index (Phi) is 3.74. The van der Waals surface area contributed by atoms with Crippen LogP contribution in [-0.4, -0.2) is 20.8 Å². The van der Waals surface area contributed by atoms with Gasteiger partial charge in [0.2, 0.25) is 0 Å². The number of nitrogens with one attached hydrogen (secondary N) is 2. The summed E-state index contributed by atoms with van der Waals surface area (Å²) in [7, 11) is 0. The summed E-state index contributed by atoms with van der Waals surface area (Å²) in [5.41, 5.74) is 0.0312. The second kappa shape index (κ2) is 5.69. The van der Waals surface area contributed by atoms with Crippen LogP contribution in [0.5, 0.6) is 0 Å². The first kappa shape index (κ1) is 13.8. The van der Waals surface area contributed by atoms with Crippen molar-refractivity contribution in [2.75, 3.05) is 5.32 Å². The molecule has 1 heterocycles. The van der Waals surface area contributed by atoms with Crippen LogP contribution in [0.3, 0.4) is 0 Å². The number of hydrogen-bond acceptors (Lipinski definition) is 3. The molecule has 2 N–H and O–H groups in total. The Morgan fingerprint density at radius 2 is 2.29 bits per heavy atom. The third-order valence-corrected chi connectivity index (χ3v) is 3.41. The number of rotatable bonds is 4. The van der Waals surface area contributed by atoms with Crippen molar-refractivity contribution in [3.05, 3.63) is 41.2 Å². The van der Waals surface area contributed by atoms with E-state index < -0.39 is 11.8 Å². The van der Waals surface area contributed by atoms with Crippen LogP contribution in [0.1, 0.15) is 24.7 Å². The molecule has 1 saturated carbocycles. The third-order valence-electron chi connectivity index (χ3n) is 3.17. The predicted molar refractivity (Wildman–Crippen MR) is 75.6 cm³/mol. The molecule has 1 aliphatic rings. The van der Waals surface area contributed by atoms with E-state index in [1.54, 1.807) is 6.33 Å². The molecule has 21 heavy (non-hydrogen) atoms. The highest BCUT2D eigenvalue weighted by Gasteiger charge is 2.26. The average Bonchev–Trinajstić information content (AvgIpc) is 3.19. The van der Waals surface area contributed by atoms with Gasteiger partial charge >= 0.3 is 6.03 Å². The van der Waals surface area contributed by atoms with Gasteiger partial charge < -0.3 is 15.2 Å². The van der Waals surface area contributed by atoms with Crippen LogP contribution < -0.4 is 10.6 Å². The van der Waals surface area contributed by atoms with Gasteiger partial charge in [0.05, 0.1) is 12.2 Å². The number of halogens is 2. The van der Waals surface area contributed by atoms with Crippen LogP contribution in [0.15, 0.2) is 24.5 Å². The average molecular weight is 310 g/mol. The third kappa shape index (κ3) is 3.30. The zero-order valence-electron chi connectivity index (χ0n) is 11.0. The maximum absolute atomic E-state index is 13.5.